The molecule has 0 atom stereocenters. The van der Waals surface area contributed by atoms with E-state index < -0.39 is 24.2 Å². The van der Waals surface area contributed by atoms with E-state index in [2.05, 4.69) is 14.2 Å². The summed E-state index contributed by atoms with van der Waals surface area (Å²) in [4.78, 5) is 37.5. The van der Waals surface area contributed by atoms with Gasteiger partial charge in [-0.3, -0.25) is 9.69 Å². The van der Waals surface area contributed by atoms with Crippen molar-refractivity contribution in [3.8, 4) is 16.9 Å². The lowest BCUT2D eigenvalue weighted by Crippen LogP contribution is -2.36. The second-order valence-corrected chi connectivity index (χ2v) is 7.19. The Morgan fingerprint density at radius 1 is 0.771 bits per heavy atom. The summed E-state index contributed by atoms with van der Waals surface area (Å²) in [7, 11) is 2.36. The monoisotopic (exact) mass is 487 g/mol. The van der Waals surface area contributed by atoms with Crippen molar-refractivity contribution in [2.75, 3.05) is 19.1 Å². The molecule has 182 valence electrons. The SMILES string of the molecule is COC(=O)C(=O)N(Cc1ccc(C(=O)OC)cc1)c1ccc(-c2ccc(OC(F)(F)F)cc2)cc1. The number of hydrogen-bond acceptors (Lipinski definition) is 6. The van der Waals surface area contributed by atoms with Crippen LogP contribution < -0.4 is 9.64 Å². The molecule has 0 saturated carbocycles. The number of carbonyl (C=O) groups is 3. The number of amides is 1. The van der Waals surface area contributed by atoms with Gasteiger partial charge in [-0.25, -0.2) is 9.59 Å². The van der Waals surface area contributed by atoms with Crippen LogP contribution in [0.15, 0.2) is 72.8 Å². The summed E-state index contributed by atoms with van der Waals surface area (Å²) < 4.78 is 50.2. The quantitative estimate of drug-likeness (QED) is 0.369. The van der Waals surface area contributed by atoms with Crippen LogP contribution in [-0.4, -0.2) is 38.4 Å². The number of alkyl halides is 3. The number of nitrogens with zero attached hydrogens (tertiary/aromatic N) is 1. The Labute approximate surface area is 198 Å². The first-order chi connectivity index (χ1) is 16.6. The van der Waals surface area contributed by atoms with Gasteiger partial charge in [0.1, 0.15) is 5.75 Å². The molecule has 0 radical (unpaired) electrons. The molecule has 0 heterocycles. The summed E-state index contributed by atoms with van der Waals surface area (Å²) in [6.45, 7) is 0.0121. The van der Waals surface area contributed by atoms with E-state index >= 15 is 0 Å². The molecule has 1 amide bonds. The molecule has 0 spiro atoms. The van der Waals surface area contributed by atoms with Crippen molar-refractivity contribution in [3.63, 3.8) is 0 Å². The number of carbonyl (C=O) groups excluding carboxylic acids is 3. The second kappa shape index (κ2) is 10.7. The molecule has 35 heavy (non-hydrogen) atoms. The molecule has 0 bridgehead atoms. The summed E-state index contributed by atoms with van der Waals surface area (Å²) in [5.41, 5.74) is 2.64. The molecule has 3 aromatic rings. The Kier molecular flexibility index (Phi) is 7.75. The lowest BCUT2D eigenvalue weighted by Gasteiger charge is -2.22. The smallest absolute Gasteiger partial charge is 0.465 e. The van der Waals surface area contributed by atoms with Crippen LogP contribution in [-0.2, 0) is 25.6 Å². The highest BCUT2D eigenvalue weighted by atomic mass is 19.4. The molecule has 0 aliphatic rings. The number of methoxy groups -OCH3 is 2. The maximum absolute atomic E-state index is 12.7. The maximum Gasteiger partial charge on any atom is 0.573 e. The molecule has 0 aliphatic heterocycles. The van der Waals surface area contributed by atoms with Crippen molar-refractivity contribution in [2.24, 2.45) is 0 Å². The van der Waals surface area contributed by atoms with Crippen molar-refractivity contribution in [1.82, 2.24) is 0 Å². The highest BCUT2D eigenvalue weighted by Crippen LogP contribution is 2.28. The molecule has 0 aliphatic carbocycles. The predicted molar refractivity (Wildman–Crippen MR) is 120 cm³/mol. The topological polar surface area (TPSA) is 82.1 Å². The van der Waals surface area contributed by atoms with Gasteiger partial charge in [-0.15, -0.1) is 13.2 Å². The first-order valence-corrected chi connectivity index (χ1v) is 10.1. The van der Waals surface area contributed by atoms with Crippen LogP contribution in [0.25, 0.3) is 11.1 Å². The summed E-state index contributed by atoms with van der Waals surface area (Å²) in [5.74, 6) is -2.80. The molecule has 0 unspecified atom stereocenters. The van der Waals surface area contributed by atoms with Crippen molar-refractivity contribution in [2.45, 2.75) is 12.9 Å². The van der Waals surface area contributed by atoms with Gasteiger partial charge in [0.2, 0.25) is 0 Å². The highest BCUT2D eigenvalue weighted by Gasteiger charge is 2.31. The van der Waals surface area contributed by atoms with Gasteiger partial charge in [-0.1, -0.05) is 36.4 Å². The molecule has 10 heteroatoms. The predicted octanol–water partition coefficient (Wildman–Crippen LogP) is 4.75. The minimum atomic E-state index is -4.78. The van der Waals surface area contributed by atoms with E-state index in [1.54, 1.807) is 36.4 Å². The van der Waals surface area contributed by atoms with Crippen LogP contribution in [0.2, 0.25) is 0 Å². The fraction of sp³-hybridized carbons (Fsp3) is 0.160. The fourth-order valence-corrected chi connectivity index (χ4v) is 3.21. The lowest BCUT2D eigenvalue weighted by atomic mass is 10.0. The van der Waals surface area contributed by atoms with E-state index in [0.29, 0.717) is 27.9 Å². The van der Waals surface area contributed by atoms with Gasteiger partial charge in [0.15, 0.2) is 0 Å². The van der Waals surface area contributed by atoms with Gasteiger partial charge in [-0.05, 0) is 53.1 Å². The summed E-state index contributed by atoms with van der Waals surface area (Å²) in [6.07, 6.45) is -4.78. The van der Waals surface area contributed by atoms with E-state index in [1.807, 2.05) is 0 Å². The zero-order valence-corrected chi connectivity index (χ0v) is 18.7. The Bertz CT molecular complexity index is 1190. The van der Waals surface area contributed by atoms with E-state index in [9.17, 15) is 27.6 Å². The van der Waals surface area contributed by atoms with Crippen LogP contribution in [0.4, 0.5) is 18.9 Å². The largest absolute Gasteiger partial charge is 0.573 e. The van der Waals surface area contributed by atoms with Crippen molar-refractivity contribution >= 4 is 23.5 Å². The molecule has 0 aromatic heterocycles. The molecule has 7 nitrogen and oxygen atoms in total. The third-order valence-corrected chi connectivity index (χ3v) is 4.92. The van der Waals surface area contributed by atoms with Crippen LogP contribution in [0, 0.1) is 0 Å². The number of halogens is 3. The number of anilines is 1. The zero-order valence-electron chi connectivity index (χ0n) is 18.7. The van der Waals surface area contributed by atoms with E-state index in [4.69, 9.17) is 0 Å². The number of ether oxygens (including phenoxy) is 3. The minimum Gasteiger partial charge on any atom is -0.465 e. The van der Waals surface area contributed by atoms with Crippen LogP contribution in [0.3, 0.4) is 0 Å². The zero-order chi connectivity index (χ0) is 25.6. The van der Waals surface area contributed by atoms with E-state index in [1.165, 1.54) is 48.4 Å². The first kappa shape index (κ1) is 25.3. The third kappa shape index (κ3) is 6.59. The average molecular weight is 487 g/mol. The minimum absolute atomic E-state index is 0.0121. The molecule has 0 saturated heterocycles. The Balaban J connectivity index is 1.84. The second-order valence-electron chi connectivity index (χ2n) is 7.19. The van der Waals surface area contributed by atoms with E-state index in [0.717, 1.165) is 7.11 Å². The molecule has 0 N–H and O–H groups in total. The highest BCUT2D eigenvalue weighted by molar-refractivity contribution is 6.38. The van der Waals surface area contributed by atoms with Gasteiger partial charge in [-0.2, -0.15) is 0 Å². The normalized spacial score (nSPS) is 10.9. The molecule has 3 rings (SSSR count). The van der Waals surface area contributed by atoms with Gasteiger partial charge < -0.3 is 14.2 Å². The fourth-order valence-electron chi connectivity index (χ4n) is 3.21. The molecule has 3 aromatic carbocycles. The van der Waals surface area contributed by atoms with Crippen molar-refractivity contribution in [3.05, 3.63) is 83.9 Å². The van der Waals surface area contributed by atoms with Gasteiger partial charge in [0, 0.05) is 5.69 Å². The summed E-state index contributed by atoms with van der Waals surface area (Å²) in [6, 6.07) is 18.2. The Morgan fingerprint density at radius 2 is 1.31 bits per heavy atom. The molecular weight excluding hydrogens is 467 g/mol. The first-order valence-electron chi connectivity index (χ1n) is 10.1. The summed E-state index contributed by atoms with van der Waals surface area (Å²) in [5, 5.41) is 0. The van der Waals surface area contributed by atoms with Gasteiger partial charge >= 0.3 is 24.2 Å². The van der Waals surface area contributed by atoms with Crippen molar-refractivity contribution < 1.29 is 41.8 Å². The average Bonchev–Trinajstić information content (AvgIpc) is 2.86. The third-order valence-electron chi connectivity index (χ3n) is 4.92. The molecular formula is C25H20F3NO6. The van der Waals surface area contributed by atoms with Crippen LogP contribution >= 0.6 is 0 Å². The maximum atomic E-state index is 12.7. The van der Waals surface area contributed by atoms with Crippen LogP contribution in [0.1, 0.15) is 15.9 Å². The Hall–Kier alpha value is -4.34. The van der Waals surface area contributed by atoms with Gasteiger partial charge in [0.25, 0.3) is 0 Å². The standard InChI is InChI=1S/C25H20F3NO6/c1-33-23(31)19-5-3-16(4-6-19)15-29(22(30)24(32)34-2)20-11-7-17(8-12-20)18-9-13-21(14-10-18)35-25(26,27)28/h3-14H,15H2,1-2H3. The number of hydrogen-bond donors (Lipinski definition) is 0. The lowest BCUT2D eigenvalue weighted by molar-refractivity contribution is -0.274. The van der Waals surface area contributed by atoms with Gasteiger partial charge in [0.05, 0.1) is 26.3 Å². The molecule has 0 fully saturated rings. The number of esters is 2. The van der Waals surface area contributed by atoms with Crippen molar-refractivity contribution in [1.29, 1.82) is 0 Å². The van der Waals surface area contributed by atoms with E-state index in [-0.39, 0.29) is 12.3 Å². The van der Waals surface area contributed by atoms with Crippen LogP contribution in [0.5, 0.6) is 5.75 Å². The Morgan fingerprint density at radius 3 is 1.80 bits per heavy atom. The number of rotatable bonds is 6. The summed E-state index contributed by atoms with van der Waals surface area (Å²) >= 11 is 0. The number of benzene rings is 3.